The minimum Gasteiger partial charge on any atom is -0.381 e. The van der Waals surface area contributed by atoms with E-state index in [2.05, 4.69) is 15.3 Å². The molecule has 124 valence electrons. The lowest BCUT2D eigenvalue weighted by atomic mass is 9.83. The van der Waals surface area contributed by atoms with Gasteiger partial charge in [0.15, 0.2) is 11.6 Å². The first kappa shape index (κ1) is 16.8. The van der Waals surface area contributed by atoms with E-state index >= 15 is 0 Å². The van der Waals surface area contributed by atoms with E-state index in [-0.39, 0.29) is 36.6 Å². The number of halogens is 3. The molecule has 1 saturated carbocycles. The van der Waals surface area contributed by atoms with Crippen molar-refractivity contribution >= 4 is 11.8 Å². The fourth-order valence-electron chi connectivity index (χ4n) is 2.67. The summed E-state index contributed by atoms with van der Waals surface area (Å²) < 4.78 is 45.1. The predicted molar refractivity (Wildman–Crippen MR) is 77.2 cm³/mol. The van der Waals surface area contributed by atoms with E-state index in [1.54, 1.807) is 0 Å². The fraction of sp³-hybridized carbons (Fsp3) is 0.714. The van der Waals surface area contributed by atoms with Gasteiger partial charge < -0.3 is 15.8 Å². The van der Waals surface area contributed by atoms with Crippen LogP contribution in [0.4, 0.5) is 24.9 Å². The topological polar surface area (TPSA) is 73.1 Å². The van der Waals surface area contributed by atoms with E-state index in [1.165, 1.54) is 0 Å². The molecule has 1 aromatic rings. The molecule has 22 heavy (non-hydrogen) atoms. The second-order valence-corrected chi connectivity index (χ2v) is 5.49. The Morgan fingerprint density at radius 1 is 1.45 bits per heavy atom. The maximum atomic E-state index is 13.2. The van der Waals surface area contributed by atoms with Crippen LogP contribution >= 0.6 is 0 Å². The Hall–Kier alpha value is -1.57. The number of anilines is 2. The summed E-state index contributed by atoms with van der Waals surface area (Å²) >= 11 is 0. The van der Waals surface area contributed by atoms with Crippen molar-refractivity contribution in [3.63, 3.8) is 0 Å². The van der Waals surface area contributed by atoms with E-state index in [9.17, 15) is 13.2 Å². The maximum absolute atomic E-state index is 13.2. The third-order valence-electron chi connectivity index (χ3n) is 3.90. The van der Waals surface area contributed by atoms with Crippen molar-refractivity contribution in [2.45, 2.75) is 44.6 Å². The smallest absolute Gasteiger partial charge is 0.248 e. The first-order valence-electron chi connectivity index (χ1n) is 7.42. The van der Waals surface area contributed by atoms with Crippen LogP contribution in [0.25, 0.3) is 0 Å². The predicted octanol–water partition coefficient (Wildman–Crippen LogP) is 2.84. The van der Waals surface area contributed by atoms with Gasteiger partial charge in [0.25, 0.3) is 0 Å². The standard InChI is InChI=1S/C14H21F3N4O/c1-2-22-11(9-3-5-14(16,17)6-4-9)8-20-13-19-7-10(15)12(18)21-13/h7,9,11H,2-6,8H2,1H3,(H3,18,19,20,21). The molecule has 1 aromatic heterocycles. The maximum Gasteiger partial charge on any atom is 0.248 e. The summed E-state index contributed by atoms with van der Waals surface area (Å²) in [6.45, 7) is 2.72. The summed E-state index contributed by atoms with van der Waals surface area (Å²) in [7, 11) is 0. The molecule has 0 bridgehead atoms. The van der Waals surface area contributed by atoms with Gasteiger partial charge in [0, 0.05) is 26.0 Å². The van der Waals surface area contributed by atoms with Crippen molar-refractivity contribution in [2.75, 3.05) is 24.2 Å². The van der Waals surface area contributed by atoms with E-state index in [0.717, 1.165) is 6.20 Å². The van der Waals surface area contributed by atoms with Gasteiger partial charge in [0.1, 0.15) is 0 Å². The van der Waals surface area contributed by atoms with Crippen LogP contribution in [-0.2, 0) is 4.74 Å². The Kier molecular flexibility index (Phi) is 5.44. The molecule has 1 aliphatic carbocycles. The molecule has 0 saturated heterocycles. The second kappa shape index (κ2) is 7.13. The third kappa shape index (κ3) is 4.46. The molecular formula is C14H21F3N4O. The van der Waals surface area contributed by atoms with Gasteiger partial charge in [0.05, 0.1) is 12.3 Å². The van der Waals surface area contributed by atoms with Gasteiger partial charge in [-0.3, -0.25) is 0 Å². The zero-order valence-electron chi connectivity index (χ0n) is 12.5. The van der Waals surface area contributed by atoms with Gasteiger partial charge in [0.2, 0.25) is 11.9 Å². The number of nitrogens with two attached hydrogens (primary N) is 1. The number of hydrogen-bond acceptors (Lipinski definition) is 5. The van der Waals surface area contributed by atoms with Crippen LogP contribution in [0.2, 0.25) is 0 Å². The summed E-state index contributed by atoms with van der Waals surface area (Å²) in [5.41, 5.74) is 5.38. The number of nitrogens with zero attached hydrogens (tertiary/aromatic N) is 2. The molecular weight excluding hydrogens is 297 g/mol. The number of hydrogen-bond donors (Lipinski definition) is 2. The van der Waals surface area contributed by atoms with Crippen LogP contribution in [0.5, 0.6) is 0 Å². The number of ether oxygens (including phenoxy) is 1. The Labute approximate surface area is 127 Å². The van der Waals surface area contributed by atoms with Crippen LogP contribution < -0.4 is 11.1 Å². The Morgan fingerprint density at radius 3 is 2.73 bits per heavy atom. The van der Waals surface area contributed by atoms with Crippen molar-refractivity contribution in [3.8, 4) is 0 Å². The molecule has 1 aliphatic rings. The van der Waals surface area contributed by atoms with Crippen molar-refractivity contribution in [3.05, 3.63) is 12.0 Å². The summed E-state index contributed by atoms with van der Waals surface area (Å²) in [4.78, 5) is 7.56. The van der Waals surface area contributed by atoms with Gasteiger partial charge in [-0.15, -0.1) is 0 Å². The van der Waals surface area contributed by atoms with E-state index in [4.69, 9.17) is 10.5 Å². The number of nitrogen functional groups attached to an aromatic ring is 1. The monoisotopic (exact) mass is 318 g/mol. The van der Waals surface area contributed by atoms with Gasteiger partial charge in [-0.1, -0.05) is 0 Å². The molecule has 0 amide bonds. The normalized spacial score (nSPS) is 19.8. The van der Waals surface area contributed by atoms with Gasteiger partial charge >= 0.3 is 0 Å². The largest absolute Gasteiger partial charge is 0.381 e. The lowest BCUT2D eigenvalue weighted by Crippen LogP contribution is -2.37. The number of rotatable bonds is 6. The van der Waals surface area contributed by atoms with Crippen LogP contribution in [-0.4, -0.2) is 35.1 Å². The quantitative estimate of drug-likeness (QED) is 0.844. The highest BCUT2D eigenvalue weighted by Gasteiger charge is 2.37. The van der Waals surface area contributed by atoms with Crippen molar-refractivity contribution in [1.82, 2.24) is 9.97 Å². The van der Waals surface area contributed by atoms with Crippen molar-refractivity contribution < 1.29 is 17.9 Å². The SMILES string of the molecule is CCOC(CNc1ncc(F)c(N)n1)C1CCC(F)(F)CC1. The zero-order chi connectivity index (χ0) is 16.2. The average molecular weight is 318 g/mol. The molecule has 0 spiro atoms. The van der Waals surface area contributed by atoms with E-state index in [0.29, 0.717) is 26.0 Å². The highest BCUT2D eigenvalue weighted by Crippen LogP contribution is 2.38. The van der Waals surface area contributed by atoms with Crippen LogP contribution in [0, 0.1) is 11.7 Å². The molecule has 1 fully saturated rings. The highest BCUT2D eigenvalue weighted by atomic mass is 19.3. The minimum absolute atomic E-state index is 0.0601. The molecule has 1 unspecified atom stereocenters. The van der Waals surface area contributed by atoms with E-state index in [1.807, 2.05) is 6.92 Å². The van der Waals surface area contributed by atoms with Gasteiger partial charge in [-0.25, -0.2) is 18.2 Å². The van der Waals surface area contributed by atoms with Crippen LogP contribution in [0.3, 0.4) is 0 Å². The number of alkyl halides is 2. The molecule has 1 heterocycles. The lowest BCUT2D eigenvalue weighted by Gasteiger charge is -2.33. The van der Waals surface area contributed by atoms with E-state index < -0.39 is 11.7 Å². The summed E-state index contributed by atoms with van der Waals surface area (Å²) in [5.74, 6) is -3.21. The lowest BCUT2D eigenvalue weighted by molar-refractivity contribution is -0.0708. The first-order chi connectivity index (χ1) is 10.4. The molecule has 0 aromatic carbocycles. The molecule has 5 nitrogen and oxygen atoms in total. The Bertz CT molecular complexity index is 491. The summed E-state index contributed by atoms with van der Waals surface area (Å²) in [6.07, 6.45) is 1.40. The third-order valence-corrected chi connectivity index (χ3v) is 3.90. The fourth-order valence-corrected chi connectivity index (χ4v) is 2.67. The Morgan fingerprint density at radius 2 is 2.14 bits per heavy atom. The average Bonchev–Trinajstić information content (AvgIpc) is 2.47. The zero-order valence-corrected chi connectivity index (χ0v) is 12.5. The van der Waals surface area contributed by atoms with Crippen LogP contribution in [0.15, 0.2) is 6.20 Å². The number of aromatic nitrogens is 2. The van der Waals surface area contributed by atoms with Crippen molar-refractivity contribution in [1.29, 1.82) is 0 Å². The van der Waals surface area contributed by atoms with Crippen LogP contribution in [0.1, 0.15) is 32.6 Å². The molecule has 2 rings (SSSR count). The van der Waals surface area contributed by atoms with Gasteiger partial charge in [-0.05, 0) is 25.7 Å². The number of nitrogens with one attached hydrogen (secondary N) is 1. The second-order valence-electron chi connectivity index (χ2n) is 5.49. The summed E-state index contributed by atoms with van der Waals surface area (Å²) in [6, 6.07) is 0. The molecule has 0 aliphatic heterocycles. The highest BCUT2D eigenvalue weighted by molar-refractivity contribution is 5.36. The summed E-state index contributed by atoms with van der Waals surface area (Å²) in [5, 5.41) is 2.93. The van der Waals surface area contributed by atoms with Crippen molar-refractivity contribution in [2.24, 2.45) is 5.92 Å². The first-order valence-corrected chi connectivity index (χ1v) is 7.42. The van der Waals surface area contributed by atoms with Gasteiger partial charge in [-0.2, -0.15) is 4.98 Å². The molecule has 1 atom stereocenters. The Balaban J connectivity index is 1.92. The molecule has 0 radical (unpaired) electrons. The molecule has 8 heteroatoms. The molecule has 3 N–H and O–H groups in total. The minimum atomic E-state index is -2.56.